The first-order valence-corrected chi connectivity index (χ1v) is 11.3. The zero-order valence-electron chi connectivity index (χ0n) is 17.1. The first kappa shape index (κ1) is 21.3. The van der Waals surface area contributed by atoms with E-state index in [1.807, 2.05) is 13.0 Å². The molecular weight excluding hydrogens is 388 g/mol. The molecule has 1 amide bonds. The van der Waals surface area contributed by atoms with E-state index >= 15 is 0 Å². The van der Waals surface area contributed by atoms with Crippen molar-refractivity contribution in [2.24, 2.45) is 0 Å². The Morgan fingerprint density at radius 3 is 2.34 bits per heavy atom. The van der Waals surface area contributed by atoms with E-state index in [-0.39, 0.29) is 16.8 Å². The molecule has 156 valence electrons. The van der Waals surface area contributed by atoms with Crippen molar-refractivity contribution in [1.29, 1.82) is 0 Å². The molecule has 0 atom stereocenters. The molecule has 0 radical (unpaired) electrons. The van der Waals surface area contributed by atoms with Crippen molar-refractivity contribution < 1.29 is 17.9 Å². The van der Waals surface area contributed by atoms with Crippen LogP contribution < -0.4 is 10.1 Å². The Morgan fingerprint density at radius 1 is 1.07 bits per heavy atom. The second-order valence-electron chi connectivity index (χ2n) is 7.50. The van der Waals surface area contributed by atoms with Crippen LogP contribution in [0.5, 0.6) is 5.75 Å². The zero-order chi connectivity index (χ0) is 21.0. The van der Waals surface area contributed by atoms with Crippen molar-refractivity contribution in [3.63, 3.8) is 0 Å². The van der Waals surface area contributed by atoms with Gasteiger partial charge in [0.25, 0.3) is 5.91 Å². The lowest BCUT2D eigenvalue weighted by atomic mass is 9.96. The van der Waals surface area contributed by atoms with Crippen molar-refractivity contribution in [3.8, 4) is 5.75 Å². The number of benzene rings is 2. The number of rotatable bonds is 6. The van der Waals surface area contributed by atoms with Gasteiger partial charge in [-0.05, 0) is 56.2 Å². The van der Waals surface area contributed by atoms with Gasteiger partial charge in [0.2, 0.25) is 10.0 Å². The van der Waals surface area contributed by atoms with Crippen LogP contribution in [0.3, 0.4) is 0 Å². The minimum atomic E-state index is -3.55. The largest absolute Gasteiger partial charge is 0.496 e. The number of nitrogens with one attached hydrogen (secondary N) is 1. The highest BCUT2D eigenvalue weighted by Crippen LogP contribution is 2.27. The highest BCUT2D eigenvalue weighted by molar-refractivity contribution is 7.89. The van der Waals surface area contributed by atoms with Crippen LogP contribution >= 0.6 is 0 Å². The van der Waals surface area contributed by atoms with Gasteiger partial charge < -0.3 is 10.1 Å². The number of hydrogen-bond donors (Lipinski definition) is 1. The van der Waals surface area contributed by atoms with Crippen molar-refractivity contribution in [3.05, 3.63) is 53.6 Å². The molecule has 0 aliphatic heterocycles. The van der Waals surface area contributed by atoms with E-state index in [1.165, 1.54) is 30.0 Å². The molecule has 6 nitrogen and oxygen atoms in total. The smallest absolute Gasteiger partial charge is 0.259 e. The molecule has 1 N–H and O–H groups in total. The molecule has 0 aromatic heterocycles. The van der Waals surface area contributed by atoms with Crippen LogP contribution in [0.1, 0.15) is 48.0 Å². The van der Waals surface area contributed by atoms with Crippen molar-refractivity contribution in [2.45, 2.75) is 50.0 Å². The van der Waals surface area contributed by atoms with Crippen LogP contribution in [0.2, 0.25) is 0 Å². The van der Waals surface area contributed by atoms with E-state index in [1.54, 1.807) is 31.3 Å². The molecule has 1 aliphatic rings. The van der Waals surface area contributed by atoms with Crippen LogP contribution in [-0.4, -0.2) is 38.8 Å². The summed E-state index contributed by atoms with van der Waals surface area (Å²) in [5.41, 5.74) is 1.90. The predicted octanol–water partition coefficient (Wildman–Crippen LogP) is 4.21. The van der Waals surface area contributed by atoms with E-state index in [2.05, 4.69) is 5.32 Å². The number of methoxy groups -OCH3 is 1. The number of nitrogens with zero attached hydrogens (tertiary/aromatic N) is 1. The lowest BCUT2D eigenvalue weighted by Crippen LogP contribution is -2.38. The van der Waals surface area contributed by atoms with Gasteiger partial charge in [0.1, 0.15) is 5.75 Å². The fourth-order valence-corrected chi connectivity index (χ4v) is 5.13. The molecule has 0 saturated heterocycles. The van der Waals surface area contributed by atoms with Crippen LogP contribution in [-0.2, 0) is 10.0 Å². The third-order valence-corrected chi connectivity index (χ3v) is 7.40. The summed E-state index contributed by atoms with van der Waals surface area (Å²) in [4.78, 5) is 12.9. The standard InChI is InChI=1S/C22H28N2O4S/c1-16-9-14-21(28-3)20(15-16)22(25)23-17-10-12-19(13-11-17)29(26,27)24(2)18-7-5-4-6-8-18/h9-15,18H,4-8H2,1-3H3,(H,23,25). The van der Waals surface area contributed by atoms with Crippen molar-refractivity contribution >= 4 is 21.6 Å². The molecule has 1 aliphatic carbocycles. The number of amides is 1. The van der Waals surface area contributed by atoms with Gasteiger partial charge in [0.15, 0.2) is 0 Å². The fourth-order valence-electron chi connectivity index (χ4n) is 3.72. The van der Waals surface area contributed by atoms with Crippen LogP contribution in [0.15, 0.2) is 47.4 Å². The molecule has 29 heavy (non-hydrogen) atoms. The van der Waals surface area contributed by atoms with Gasteiger partial charge in [-0.15, -0.1) is 0 Å². The number of ether oxygens (including phenoxy) is 1. The number of sulfonamides is 1. The Kier molecular flexibility index (Phi) is 6.59. The summed E-state index contributed by atoms with van der Waals surface area (Å²) >= 11 is 0. The maximum absolute atomic E-state index is 12.9. The predicted molar refractivity (Wildman–Crippen MR) is 114 cm³/mol. The molecule has 7 heteroatoms. The molecule has 2 aromatic rings. The lowest BCUT2D eigenvalue weighted by molar-refractivity contribution is 0.102. The minimum absolute atomic E-state index is 0.0573. The molecule has 3 rings (SSSR count). The third kappa shape index (κ3) is 4.79. The number of carbonyl (C=O) groups excluding carboxylic acids is 1. The summed E-state index contributed by atoms with van der Waals surface area (Å²) in [5.74, 6) is 0.182. The summed E-state index contributed by atoms with van der Waals surface area (Å²) in [6.07, 6.45) is 5.12. The molecule has 0 unspecified atom stereocenters. The highest BCUT2D eigenvalue weighted by atomic mass is 32.2. The number of hydrogen-bond acceptors (Lipinski definition) is 4. The summed E-state index contributed by atoms with van der Waals surface area (Å²) in [5, 5.41) is 2.80. The first-order chi connectivity index (χ1) is 13.8. The van der Waals surface area contributed by atoms with Gasteiger partial charge >= 0.3 is 0 Å². The summed E-state index contributed by atoms with van der Waals surface area (Å²) in [6.45, 7) is 1.90. The Bertz CT molecular complexity index is 965. The quantitative estimate of drug-likeness (QED) is 0.765. The Morgan fingerprint density at radius 2 is 1.72 bits per heavy atom. The zero-order valence-corrected chi connectivity index (χ0v) is 18.0. The van der Waals surface area contributed by atoms with E-state index in [0.29, 0.717) is 17.0 Å². The summed E-state index contributed by atoms with van der Waals surface area (Å²) in [7, 11) is -0.376. The molecule has 2 aromatic carbocycles. The monoisotopic (exact) mass is 416 g/mol. The van der Waals surface area contributed by atoms with Gasteiger partial charge in [-0.1, -0.05) is 30.9 Å². The Labute approximate surface area is 172 Å². The number of anilines is 1. The first-order valence-electron chi connectivity index (χ1n) is 9.87. The second kappa shape index (κ2) is 8.97. The van der Waals surface area contributed by atoms with Crippen molar-refractivity contribution in [1.82, 2.24) is 4.31 Å². The average Bonchev–Trinajstić information content (AvgIpc) is 2.74. The van der Waals surface area contributed by atoms with Gasteiger partial charge in [-0.3, -0.25) is 4.79 Å². The van der Waals surface area contributed by atoms with E-state index in [9.17, 15) is 13.2 Å². The lowest BCUT2D eigenvalue weighted by Gasteiger charge is -2.30. The van der Waals surface area contributed by atoms with Crippen LogP contribution in [0.4, 0.5) is 5.69 Å². The van der Waals surface area contributed by atoms with E-state index in [0.717, 1.165) is 31.2 Å². The minimum Gasteiger partial charge on any atom is -0.496 e. The topological polar surface area (TPSA) is 75.7 Å². The molecule has 1 fully saturated rings. The van der Waals surface area contributed by atoms with E-state index in [4.69, 9.17) is 4.74 Å². The van der Waals surface area contributed by atoms with Gasteiger partial charge in [-0.2, -0.15) is 4.31 Å². The average molecular weight is 417 g/mol. The molecule has 0 spiro atoms. The number of aryl methyl sites for hydroxylation is 1. The fraction of sp³-hybridized carbons (Fsp3) is 0.409. The SMILES string of the molecule is COc1ccc(C)cc1C(=O)Nc1ccc(S(=O)(=O)N(C)C2CCCCC2)cc1. The Hall–Kier alpha value is -2.38. The Balaban J connectivity index is 1.74. The van der Waals surface area contributed by atoms with Gasteiger partial charge in [-0.25, -0.2) is 8.42 Å². The molecule has 0 heterocycles. The highest BCUT2D eigenvalue weighted by Gasteiger charge is 2.29. The van der Waals surface area contributed by atoms with Gasteiger partial charge in [0, 0.05) is 18.8 Å². The molecule has 1 saturated carbocycles. The van der Waals surface area contributed by atoms with Gasteiger partial charge in [0.05, 0.1) is 17.6 Å². The molecular formula is C22H28N2O4S. The normalized spacial score (nSPS) is 15.3. The second-order valence-corrected chi connectivity index (χ2v) is 9.49. The summed E-state index contributed by atoms with van der Waals surface area (Å²) < 4.78 is 32.6. The maximum Gasteiger partial charge on any atom is 0.259 e. The van der Waals surface area contributed by atoms with E-state index < -0.39 is 10.0 Å². The van der Waals surface area contributed by atoms with Crippen LogP contribution in [0, 0.1) is 6.92 Å². The number of carbonyl (C=O) groups is 1. The third-order valence-electron chi connectivity index (χ3n) is 5.48. The summed E-state index contributed by atoms with van der Waals surface area (Å²) in [6, 6.07) is 11.7. The molecule has 0 bridgehead atoms. The maximum atomic E-state index is 12.9. The van der Waals surface area contributed by atoms with Crippen LogP contribution in [0.25, 0.3) is 0 Å². The van der Waals surface area contributed by atoms with Crippen molar-refractivity contribution in [2.75, 3.05) is 19.5 Å².